The van der Waals surface area contributed by atoms with Gasteiger partial charge in [0.05, 0.1) is 19.6 Å². The number of nitrogens with zero attached hydrogens (tertiary/aromatic N) is 2. The normalized spacial score (nSPS) is 12.8. The number of imidazole rings is 1. The van der Waals surface area contributed by atoms with Crippen LogP contribution in [-0.4, -0.2) is 28.9 Å². The van der Waals surface area contributed by atoms with Crippen LogP contribution < -0.4 is 10.0 Å². The minimum Gasteiger partial charge on any atom is -0.543 e. The molecule has 108 valence electrons. The number of carboxylic acid groups (broad SMARTS) is 1. The highest BCUT2D eigenvalue weighted by atomic mass is 16.4. The Morgan fingerprint density at radius 3 is 2.85 bits per heavy atom. The zero-order chi connectivity index (χ0) is 14.7. The maximum absolute atomic E-state index is 11.3. The number of carbonyl (C=O) groups excluding carboxylic acids is 1. The summed E-state index contributed by atoms with van der Waals surface area (Å²) >= 11 is 0. The Morgan fingerprint density at radius 1 is 1.45 bits per heavy atom. The van der Waals surface area contributed by atoms with Crippen molar-refractivity contribution in [2.24, 2.45) is 0 Å². The van der Waals surface area contributed by atoms with Crippen molar-refractivity contribution in [3.8, 4) is 0 Å². The third-order valence-corrected chi connectivity index (χ3v) is 3.49. The number of pyridine rings is 1. The van der Waals surface area contributed by atoms with Gasteiger partial charge in [-0.05, 0) is 25.0 Å². The Labute approximate surface area is 118 Å². The van der Waals surface area contributed by atoms with Gasteiger partial charge in [0.1, 0.15) is 23.6 Å². The maximum Gasteiger partial charge on any atom is 0.137 e. The van der Waals surface area contributed by atoms with Crippen LogP contribution in [0.3, 0.4) is 0 Å². The van der Waals surface area contributed by atoms with E-state index in [0.29, 0.717) is 12.2 Å². The van der Waals surface area contributed by atoms with Gasteiger partial charge in [0.2, 0.25) is 0 Å². The van der Waals surface area contributed by atoms with Gasteiger partial charge in [0.25, 0.3) is 0 Å². The van der Waals surface area contributed by atoms with E-state index in [4.69, 9.17) is 0 Å². The molecule has 20 heavy (non-hydrogen) atoms. The number of quaternary nitrogens is 1. The number of aromatic nitrogens is 2. The Bertz CT molecular complexity index is 619. The number of hydrogen-bond donors (Lipinski definition) is 1. The number of aryl methyl sites for hydroxylation is 1. The number of hydrogen-bond acceptors (Lipinski definition) is 3. The number of rotatable bonds is 6. The van der Waals surface area contributed by atoms with Crippen LogP contribution in [0.4, 0.5) is 0 Å². The molecule has 0 aromatic carbocycles. The maximum atomic E-state index is 11.3. The minimum atomic E-state index is -1.20. The van der Waals surface area contributed by atoms with Gasteiger partial charge in [-0.25, -0.2) is 4.98 Å². The molecule has 0 amide bonds. The number of carboxylic acids is 1. The number of carbonyl (C=O) groups is 1. The van der Waals surface area contributed by atoms with E-state index in [1.54, 1.807) is 0 Å². The van der Waals surface area contributed by atoms with Gasteiger partial charge in [-0.3, -0.25) is 4.40 Å². The lowest BCUT2D eigenvalue weighted by Gasteiger charge is -2.14. The van der Waals surface area contributed by atoms with E-state index < -0.39 is 5.97 Å². The van der Waals surface area contributed by atoms with Crippen LogP contribution in [-0.2, 0) is 6.54 Å². The van der Waals surface area contributed by atoms with Gasteiger partial charge in [-0.15, -0.1) is 0 Å². The van der Waals surface area contributed by atoms with Crippen molar-refractivity contribution < 1.29 is 14.8 Å². The highest BCUT2D eigenvalue weighted by molar-refractivity contribution is 5.86. The fourth-order valence-electron chi connectivity index (χ4n) is 2.38. The third-order valence-electron chi connectivity index (χ3n) is 3.49. The van der Waals surface area contributed by atoms with Crippen LogP contribution in [0.5, 0.6) is 0 Å². The Kier molecular flexibility index (Phi) is 4.39. The van der Waals surface area contributed by atoms with Crippen molar-refractivity contribution in [3.63, 3.8) is 0 Å². The molecule has 5 nitrogen and oxygen atoms in total. The number of fused-ring (bicyclic) bond motifs is 1. The largest absolute Gasteiger partial charge is 0.543 e. The second-order valence-electron chi connectivity index (χ2n) is 5.37. The molecular weight excluding hydrogens is 254 g/mol. The van der Waals surface area contributed by atoms with Crippen molar-refractivity contribution in [3.05, 3.63) is 35.3 Å². The van der Waals surface area contributed by atoms with E-state index in [9.17, 15) is 9.90 Å². The van der Waals surface area contributed by atoms with E-state index in [-0.39, 0.29) is 5.69 Å². The van der Waals surface area contributed by atoms with Crippen molar-refractivity contribution in [2.45, 2.75) is 33.2 Å². The molecule has 0 bridgehead atoms. The Balaban J connectivity index is 2.40. The van der Waals surface area contributed by atoms with Gasteiger partial charge in [-0.2, -0.15) is 0 Å². The average Bonchev–Trinajstić information content (AvgIpc) is 2.75. The number of nitrogens with one attached hydrogen (secondary N) is 1. The fraction of sp³-hybridized carbons (Fsp3) is 0.467. The number of aromatic carboxylic acids is 1. The summed E-state index contributed by atoms with van der Waals surface area (Å²) in [6.07, 6.45) is 4.19. The summed E-state index contributed by atoms with van der Waals surface area (Å²) < 4.78 is 1.87. The zero-order valence-electron chi connectivity index (χ0n) is 12.3. The molecule has 2 aromatic heterocycles. The molecule has 1 N–H and O–H groups in total. The number of unbranched alkanes of at least 4 members (excludes halogenated alkanes) is 1. The van der Waals surface area contributed by atoms with Crippen molar-refractivity contribution in [1.29, 1.82) is 0 Å². The summed E-state index contributed by atoms with van der Waals surface area (Å²) in [7, 11) is 2.07. The predicted molar refractivity (Wildman–Crippen MR) is 74.6 cm³/mol. The molecule has 0 aliphatic rings. The van der Waals surface area contributed by atoms with E-state index >= 15 is 0 Å². The summed E-state index contributed by atoms with van der Waals surface area (Å²) in [4.78, 5) is 16.7. The van der Waals surface area contributed by atoms with Gasteiger partial charge in [0.15, 0.2) is 0 Å². The smallest absolute Gasteiger partial charge is 0.137 e. The van der Waals surface area contributed by atoms with E-state index in [2.05, 4.69) is 19.0 Å². The molecule has 5 heteroatoms. The fourth-order valence-corrected chi connectivity index (χ4v) is 2.38. The minimum absolute atomic E-state index is 0.0615. The summed E-state index contributed by atoms with van der Waals surface area (Å²) in [5, 5.41) is 11.3. The van der Waals surface area contributed by atoms with Gasteiger partial charge in [0, 0.05) is 6.20 Å². The van der Waals surface area contributed by atoms with Crippen molar-refractivity contribution in [1.82, 2.24) is 9.38 Å². The standard InChI is InChI=1S/C15H21N3O2/c1-4-5-8-17(3)10-12-14(15(19)20)16-13-7-6-11(2)9-18(12)13/h6-7,9H,4-5,8,10H2,1-3H3,(H,19,20). The van der Waals surface area contributed by atoms with E-state index in [1.165, 1.54) is 4.90 Å². The lowest BCUT2D eigenvalue weighted by Crippen LogP contribution is -3.07. The Hall–Kier alpha value is -1.88. The molecule has 0 spiro atoms. The van der Waals surface area contributed by atoms with Crippen LogP contribution in [0.2, 0.25) is 0 Å². The van der Waals surface area contributed by atoms with Crippen LogP contribution in [0.1, 0.15) is 41.5 Å². The average molecular weight is 275 g/mol. The highest BCUT2D eigenvalue weighted by Gasteiger charge is 2.16. The molecule has 0 aliphatic heterocycles. The summed E-state index contributed by atoms with van der Waals surface area (Å²) in [6.45, 7) is 5.78. The second-order valence-corrected chi connectivity index (χ2v) is 5.37. The first kappa shape index (κ1) is 14.5. The lowest BCUT2D eigenvalue weighted by molar-refractivity contribution is -0.894. The molecule has 1 unspecified atom stereocenters. The van der Waals surface area contributed by atoms with Gasteiger partial charge < -0.3 is 14.8 Å². The zero-order valence-corrected chi connectivity index (χ0v) is 12.3. The van der Waals surface area contributed by atoms with Gasteiger partial charge in [-0.1, -0.05) is 19.4 Å². The second kappa shape index (κ2) is 6.05. The summed E-state index contributed by atoms with van der Waals surface area (Å²) in [5.41, 5.74) is 2.52. The van der Waals surface area contributed by atoms with Crippen molar-refractivity contribution >= 4 is 11.6 Å². The Morgan fingerprint density at radius 2 is 2.20 bits per heavy atom. The van der Waals surface area contributed by atoms with E-state index in [1.807, 2.05) is 29.7 Å². The van der Waals surface area contributed by atoms with Crippen LogP contribution in [0.15, 0.2) is 18.3 Å². The molecule has 2 heterocycles. The molecule has 0 saturated carbocycles. The molecule has 2 rings (SSSR count). The van der Waals surface area contributed by atoms with Crippen LogP contribution in [0, 0.1) is 6.92 Å². The topological polar surface area (TPSA) is 61.9 Å². The molecular formula is C15H21N3O2. The molecule has 0 radical (unpaired) electrons. The quantitative estimate of drug-likeness (QED) is 0.795. The monoisotopic (exact) mass is 275 g/mol. The van der Waals surface area contributed by atoms with E-state index in [0.717, 1.165) is 30.6 Å². The summed E-state index contributed by atoms with van der Waals surface area (Å²) in [6, 6.07) is 3.77. The van der Waals surface area contributed by atoms with Gasteiger partial charge >= 0.3 is 0 Å². The molecule has 0 saturated heterocycles. The first-order valence-electron chi connectivity index (χ1n) is 7.03. The molecule has 0 aliphatic carbocycles. The first-order valence-corrected chi connectivity index (χ1v) is 7.03. The highest BCUT2D eigenvalue weighted by Crippen LogP contribution is 2.13. The molecule has 2 aromatic rings. The van der Waals surface area contributed by atoms with Crippen LogP contribution in [0.25, 0.3) is 5.65 Å². The molecule has 1 atom stereocenters. The molecule has 0 fully saturated rings. The van der Waals surface area contributed by atoms with Crippen LogP contribution >= 0.6 is 0 Å². The summed E-state index contributed by atoms with van der Waals surface area (Å²) in [5.74, 6) is -1.20. The predicted octanol–water partition coefficient (Wildman–Crippen LogP) is -0.179. The van der Waals surface area contributed by atoms with Crippen molar-refractivity contribution in [2.75, 3.05) is 13.6 Å². The first-order chi connectivity index (χ1) is 9.52. The third kappa shape index (κ3) is 2.99. The SMILES string of the molecule is CCCC[NH+](C)Cc1c(C(=O)[O-])nc2ccc(C)cn12. The lowest BCUT2D eigenvalue weighted by atomic mass is 10.2.